The van der Waals surface area contributed by atoms with Crippen LogP contribution in [0.5, 0.6) is 0 Å². The van der Waals surface area contributed by atoms with Crippen molar-refractivity contribution < 1.29 is 24.5 Å². The van der Waals surface area contributed by atoms with E-state index in [2.05, 4.69) is 29.2 Å². The second-order valence-electron chi connectivity index (χ2n) is 5.70. The fourth-order valence-electron chi connectivity index (χ4n) is 2.91. The monoisotopic (exact) mass is 365 g/mol. The minimum absolute atomic E-state index is 0.558. The van der Waals surface area contributed by atoms with E-state index < -0.39 is 11.9 Å². The Balaban J connectivity index is 0.000000242. The van der Waals surface area contributed by atoms with Gasteiger partial charge in [-0.3, -0.25) is 4.90 Å². The number of rotatable bonds is 3. The molecule has 1 unspecified atom stereocenters. The first-order valence-corrected chi connectivity index (χ1v) is 9.24. The lowest BCUT2D eigenvalue weighted by molar-refractivity contribution is -0.134. The van der Waals surface area contributed by atoms with E-state index in [0.717, 1.165) is 26.3 Å². The molecule has 0 amide bonds. The number of hydrogen-bond donors (Lipinski definition) is 2. The number of carboxylic acid groups (broad SMARTS) is 2. The first-order valence-electron chi connectivity index (χ1n) is 8.25. The third-order valence-electron chi connectivity index (χ3n) is 4.01. The van der Waals surface area contributed by atoms with Crippen LogP contribution in [-0.2, 0) is 14.3 Å². The molecule has 2 aliphatic heterocycles. The number of carboxylic acids is 2. The van der Waals surface area contributed by atoms with Crippen molar-refractivity contribution in [2.75, 3.05) is 32.1 Å². The van der Waals surface area contributed by atoms with E-state index >= 15 is 0 Å². The summed E-state index contributed by atoms with van der Waals surface area (Å²) in [5.74, 6) is -1.25. The van der Waals surface area contributed by atoms with Gasteiger partial charge in [0.15, 0.2) is 0 Å². The van der Waals surface area contributed by atoms with Gasteiger partial charge in [0.1, 0.15) is 0 Å². The van der Waals surface area contributed by atoms with Gasteiger partial charge in [-0.2, -0.15) is 0 Å². The highest BCUT2D eigenvalue weighted by atomic mass is 32.2. The molecule has 6 nitrogen and oxygen atoms in total. The topological polar surface area (TPSA) is 87.1 Å². The van der Waals surface area contributed by atoms with Gasteiger partial charge in [-0.15, -0.1) is 11.8 Å². The lowest BCUT2D eigenvalue weighted by Gasteiger charge is -2.34. The number of aliphatic carboxylic acids is 2. The van der Waals surface area contributed by atoms with Crippen LogP contribution in [0.1, 0.15) is 24.4 Å². The third kappa shape index (κ3) is 6.53. The molecule has 2 heterocycles. The fraction of sp³-hybridized carbons (Fsp3) is 0.444. The van der Waals surface area contributed by atoms with Crippen molar-refractivity contribution in [3.8, 4) is 0 Å². The van der Waals surface area contributed by atoms with Gasteiger partial charge >= 0.3 is 11.9 Å². The third-order valence-corrected chi connectivity index (χ3v) is 5.19. The molecule has 0 aliphatic carbocycles. The van der Waals surface area contributed by atoms with Gasteiger partial charge < -0.3 is 14.9 Å². The molecular weight excluding hydrogens is 342 g/mol. The standard InChI is InChI=1S/C14H19NOS.C4H4O4/c1-2-6-14-12(4-1)13(5-3-11-17-14)15-7-9-16-10-8-15;5-3(6)1-2-4(7)8/h1-2,4,6,13H,3,5,7-11H2;1-2H,(H,5,6)(H,7,8)/b;2-1-. The molecule has 3 rings (SSSR count). The van der Waals surface area contributed by atoms with Crippen molar-refractivity contribution >= 4 is 23.7 Å². The van der Waals surface area contributed by atoms with E-state index in [4.69, 9.17) is 14.9 Å². The number of nitrogens with zero attached hydrogens (tertiary/aromatic N) is 1. The summed E-state index contributed by atoms with van der Waals surface area (Å²) in [6.45, 7) is 3.96. The molecule has 1 atom stereocenters. The molecule has 1 aromatic carbocycles. The van der Waals surface area contributed by atoms with E-state index in [1.54, 1.807) is 0 Å². The quantitative estimate of drug-likeness (QED) is 0.796. The van der Waals surface area contributed by atoms with Crippen LogP contribution in [0, 0.1) is 0 Å². The lowest BCUT2D eigenvalue weighted by atomic mass is 10.0. The van der Waals surface area contributed by atoms with Crippen LogP contribution in [-0.4, -0.2) is 59.1 Å². The Kier molecular flexibility index (Phi) is 7.97. The fourth-order valence-corrected chi connectivity index (χ4v) is 3.99. The number of ether oxygens (including phenoxy) is 1. The van der Waals surface area contributed by atoms with Crippen molar-refractivity contribution in [1.82, 2.24) is 4.90 Å². The zero-order valence-electron chi connectivity index (χ0n) is 14.0. The van der Waals surface area contributed by atoms with Gasteiger partial charge in [0.05, 0.1) is 13.2 Å². The van der Waals surface area contributed by atoms with Crippen molar-refractivity contribution in [3.63, 3.8) is 0 Å². The summed E-state index contributed by atoms with van der Waals surface area (Å²) in [4.78, 5) is 23.2. The van der Waals surface area contributed by atoms with Crippen LogP contribution in [0.15, 0.2) is 41.3 Å². The normalized spacial score (nSPS) is 20.9. The first kappa shape index (κ1) is 19.5. The molecule has 136 valence electrons. The molecule has 1 aromatic rings. The number of carbonyl (C=O) groups is 2. The summed E-state index contributed by atoms with van der Waals surface area (Å²) < 4.78 is 5.46. The van der Waals surface area contributed by atoms with Crippen LogP contribution in [0.25, 0.3) is 0 Å². The maximum atomic E-state index is 9.55. The summed E-state index contributed by atoms with van der Waals surface area (Å²) >= 11 is 2.02. The van der Waals surface area contributed by atoms with Crippen molar-refractivity contribution in [2.45, 2.75) is 23.8 Å². The molecule has 2 aliphatic rings. The molecule has 0 radical (unpaired) electrons. The number of fused-ring (bicyclic) bond motifs is 1. The molecule has 0 spiro atoms. The Morgan fingerprint density at radius 2 is 1.76 bits per heavy atom. The molecule has 0 bridgehead atoms. The maximum absolute atomic E-state index is 9.55. The number of hydrogen-bond acceptors (Lipinski definition) is 5. The highest BCUT2D eigenvalue weighted by Crippen LogP contribution is 2.37. The Labute approximate surface area is 151 Å². The Morgan fingerprint density at radius 3 is 2.40 bits per heavy atom. The minimum atomic E-state index is -1.26. The van der Waals surface area contributed by atoms with Gasteiger partial charge in [-0.1, -0.05) is 18.2 Å². The second-order valence-corrected chi connectivity index (χ2v) is 6.84. The zero-order valence-corrected chi connectivity index (χ0v) is 14.8. The minimum Gasteiger partial charge on any atom is -0.478 e. The van der Waals surface area contributed by atoms with E-state index in [1.807, 2.05) is 11.8 Å². The average molecular weight is 365 g/mol. The molecule has 1 fully saturated rings. The van der Waals surface area contributed by atoms with Crippen molar-refractivity contribution in [2.24, 2.45) is 0 Å². The maximum Gasteiger partial charge on any atom is 0.328 e. The Hall–Kier alpha value is -1.83. The van der Waals surface area contributed by atoms with Crippen molar-refractivity contribution in [1.29, 1.82) is 0 Å². The number of thioether (sulfide) groups is 1. The lowest BCUT2D eigenvalue weighted by Crippen LogP contribution is -2.39. The molecule has 7 heteroatoms. The van der Waals surface area contributed by atoms with Gasteiger partial charge in [0.25, 0.3) is 0 Å². The smallest absolute Gasteiger partial charge is 0.328 e. The van der Waals surface area contributed by atoms with Crippen LogP contribution in [0.4, 0.5) is 0 Å². The van der Waals surface area contributed by atoms with Gasteiger partial charge in [-0.25, -0.2) is 9.59 Å². The summed E-state index contributed by atoms with van der Waals surface area (Å²) in [7, 11) is 0. The largest absolute Gasteiger partial charge is 0.478 e. The second kappa shape index (κ2) is 10.2. The van der Waals surface area contributed by atoms with Crippen LogP contribution in [0.3, 0.4) is 0 Å². The first-order chi connectivity index (χ1) is 12.1. The van der Waals surface area contributed by atoms with Gasteiger partial charge in [0, 0.05) is 36.2 Å². The van der Waals surface area contributed by atoms with E-state index in [-0.39, 0.29) is 0 Å². The van der Waals surface area contributed by atoms with E-state index in [9.17, 15) is 9.59 Å². The summed E-state index contributed by atoms with van der Waals surface area (Å²) in [6, 6.07) is 9.54. The Morgan fingerprint density at radius 1 is 1.12 bits per heavy atom. The summed E-state index contributed by atoms with van der Waals surface area (Å²) in [5.41, 5.74) is 1.54. The summed E-state index contributed by atoms with van der Waals surface area (Å²) in [5, 5.41) is 15.6. The predicted octanol–water partition coefficient (Wildman–Crippen LogP) is 2.66. The van der Waals surface area contributed by atoms with Crippen LogP contribution in [0.2, 0.25) is 0 Å². The highest BCUT2D eigenvalue weighted by Gasteiger charge is 2.25. The molecule has 25 heavy (non-hydrogen) atoms. The van der Waals surface area contributed by atoms with Gasteiger partial charge in [-0.05, 0) is 30.2 Å². The number of benzene rings is 1. The van der Waals surface area contributed by atoms with Gasteiger partial charge in [0.2, 0.25) is 0 Å². The molecular formula is C18H23NO5S. The molecule has 0 saturated carbocycles. The molecule has 2 N–H and O–H groups in total. The molecule has 0 aromatic heterocycles. The summed E-state index contributed by atoms with van der Waals surface area (Å²) in [6.07, 6.45) is 3.73. The van der Waals surface area contributed by atoms with Crippen molar-refractivity contribution in [3.05, 3.63) is 42.0 Å². The molecule has 1 saturated heterocycles. The van der Waals surface area contributed by atoms with E-state index in [0.29, 0.717) is 18.2 Å². The van der Waals surface area contributed by atoms with Crippen LogP contribution >= 0.6 is 11.8 Å². The van der Waals surface area contributed by atoms with E-state index in [1.165, 1.54) is 29.1 Å². The average Bonchev–Trinajstić information content (AvgIpc) is 2.84. The van der Waals surface area contributed by atoms with Crippen LogP contribution < -0.4 is 0 Å². The zero-order chi connectivity index (χ0) is 18.1. The SMILES string of the molecule is O=C(O)/C=C\C(=O)O.c1ccc2c(c1)SCCCC2N1CCOCC1. The predicted molar refractivity (Wildman–Crippen MR) is 95.9 cm³/mol. The number of morpholine rings is 1. The Bertz CT molecular complexity index is 597. The highest BCUT2D eigenvalue weighted by molar-refractivity contribution is 7.99.